The largest absolute Gasteiger partial charge is 0.489 e. The van der Waals surface area contributed by atoms with Gasteiger partial charge in [-0.15, -0.1) is 12.4 Å². The first-order chi connectivity index (χ1) is 9.19. The molecule has 0 aromatic heterocycles. The van der Waals surface area contributed by atoms with Crippen LogP contribution in [-0.2, 0) is 0 Å². The first kappa shape index (κ1) is 18.5. The number of likely N-dealkylation sites (N-methyl/N-ethyl adjacent to an activating group) is 1. The number of hydrogen-bond donors (Lipinski definition) is 2. The molecule has 0 aliphatic rings. The Morgan fingerprint density at radius 2 is 2.15 bits per heavy atom. The second-order valence-electron chi connectivity index (χ2n) is 4.26. The van der Waals surface area contributed by atoms with E-state index in [1.165, 1.54) is 0 Å². The van der Waals surface area contributed by atoms with E-state index >= 15 is 0 Å². The van der Waals surface area contributed by atoms with Crippen molar-refractivity contribution >= 4 is 18.3 Å². The van der Waals surface area contributed by atoms with E-state index in [0.29, 0.717) is 24.5 Å². The van der Waals surface area contributed by atoms with Crippen LogP contribution in [0.4, 0.5) is 0 Å². The summed E-state index contributed by atoms with van der Waals surface area (Å²) >= 11 is 0. The van der Waals surface area contributed by atoms with E-state index in [1.54, 1.807) is 18.2 Å². The smallest absolute Gasteiger partial charge is 0.255 e. The standard InChI is InChI=1S/C15H22N2O2.ClH/c1-4-10-19-14-9-7-6-8-13(14)15(18)17-11-12(3)16-5-2;/h4,6-9,12,16H,1,5,10-11H2,2-3H3,(H,17,18);1H/t12-;/m1./s1. The number of halogens is 1. The van der Waals surface area contributed by atoms with Gasteiger partial charge >= 0.3 is 0 Å². The third-order valence-electron chi connectivity index (χ3n) is 2.61. The molecule has 20 heavy (non-hydrogen) atoms. The van der Waals surface area contributed by atoms with Crippen molar-refractivity contribution < 1.29 is 9.53 Å². The predicted molar refractivity (Wildman–Crippen MR) is 84.9 cm³/mol. The molecular weight excluding hydrogens is 276 g/mol. The molecule has 0 bridgehead atoms. The van der Waals surface area contributed by atoms with E-state index in [4.69, 9.17) is 4.74 Å². The molecule has 1 aromatic rings. The molecule has 0 aliphatic heterocycles. The fourth-order valence-electron chi connectivity index (χ4n) is 1.69. The van der Waals surface area contributed by atoms with E-state index in [1.807, 2.05) is 26.0 Å². The Labute approximate surface area is 127 Å². The van der Waals surface area contributed by atoms with Crippen LogP contribution in [0.25, 0.3) is 0 Å². The summed E-state index contributed by atoms with van der Waals surface area (Å²) in [4.78, 5) is 12.1. The number of amides is 1. The fourth-order valence-corrected chi connectivity index (χ4v) is 1.69. The van der Waals surface area contributed by atoms with Crippen molar-refractivity contribution in [1.82, 2.24) is 10.6 Å². The summed E-state index contributed by atoms with van der Waals surface area (Å²) in [7, 11) is 0. The molecule has 0 unspecified atom stereocenters. The number of benzene rings is 1. The average molecular weight is 299 g/mol. The molecule has 0 saturated carbocycles. The van der Waals surface area contributed by atoms with Gasteiger partial charge in [-0.05, 0) is 25.6 Å². The zero-order valence-electron chi connectivity index (χ0n) is 12.0. The Kier molecular flexibility index (Phi) is 9.51. The van der Waals surface area contributed by atoms with Crippen LogP contribution in [0.3, 0.4) is 0 Å². The molecule has 0 spiro atoms. The molecule has 0 aliphatic carbocycles. The highest BCUT2D eigenvalue weighted by Gasteiger charge is 2.12. The molecule has 1 atom stereocenters. The molecule has 0 fully saturated rings. The highest BCUT2D eigenvalue weighted by atomic mass is 35.5. The van der Waals surface area contributed by atoms with Crippen molar-refractivity contribution in [2.75, 3.05) is 19.7 Å². The zero-order valence-corrected chi connectivity index (χ0v) is 12.8. The van der Waals surface area contributed by atoms with E-state index in [-0.39, 0.29) is 24.4 Å². The molecule has 0 heterocycles. The van der Waals surface area contributed by atoms with E-state index < -0.39 is 0 Å². The number of hydrogen-bond acceptors (Lipinski definition) is 3. The maximum absolute atomic E-state index is 12.1. The first-order valence-corrected chi connectivity index (χ1v) is 6.53. The first-order valence-electron chi connectivity index (χ1n) is 6.53. The summed E-state index contributed by atoms with van der Waals surface area (Å²) in [6.07, 6.45) is 1.65. The van der Waals surface area contributed by atoms with Gasteiger partial charge in [0, 0.05) is 12.6 Å². The third-order valence-corrected chi connectivity index (χ3v) is 2.61. The topological polar surface area (TPSA) is 50.4 Å². The van der Waals surface area contributed by atoms with Gasteiger partial charge in [0.1, 0.15) is 12.4 Å². The second kappa shape index (κ2) is 10.3. The number of carbonyl (C=O) groups excluding carboxylic acids is 1. The SMILES string of the molecule is C=CCOc1ccccc1C(=O)NC[C@@H](C)NCC.Cl. The maximum Gasteiger partial charge on any atom is 0.255 e. The lowest BCUT2D eigenvalue weighted by Crippen LogP contribution is -2.38. The van der Waals surface area contributed by atoms with Crippen molar-refractivity contribution in [1.29, 1.82) is 0 Å². The Morgan fingerprint density at radius 3 is 2.80 bits per heavy atom. The molecule has 112 valence electrons. The molecular formula is C15H23ClN2O2. The van der Waals surface area contributed by atoms with Crippen LogP contribution in [0.1, 0.15) is 24.2 Å². The van der Waals surface area contributed by atoms with Crippen LogP contribution < -0.4 is 15.4 Å². The average Bonchev–Trinajstić information content (AvgIpc) is 2.43. The van der Waals surface area contributed by atoms with Gasteiger partial charge in [-0.25, -0.2) is 0 Å². The fraction of sp³-hybridized carbons (Fsp3) is 0.400. The van der Waals surface area contributed by atoms with Crippen LogP contribution in [-0.4, -0.2) is 31.6 Å². The maximum atomic E-state index is 12.1. The molecule has 0 radical (unpaired) electrons. The Hall–Kier alpha value is -1.52. The number of nitrogens with one attached hydrogen (secondary N) is 2. The minimum atomic E-state index is -0.121. The van der Waals surface area contributed by atoms with Crippen LogP contribution in [0.5, 0.6) is 5.75 Å². The molecule has 2 N–H and O–H groups in total. The Bertz CT molecular complexity index is 424. The number of rotatable bonds is 8. The van der Waals surface area contributed by atoms with Crippen LogP contribution in [0.2, 0.25) is 0 Å². The van der Waals surface area contributed by atoms with Crippen molar-refractivity contribution in [3.05, 3.63) is 42.5 Å². The van der Waals surface area contributed by atoms with Gasteiger partial charge in [0.25, 0.3) is 5.91 Å². The highest BCUT2D eigenvalue weighted by Crippen LogP contribution is 2.17. The van der Waals surface area contributed by atoms with Crippen molar-refractivity contribution in [3.8, 4) is 5.75 Å². The van der Waals surface area contributed by atoms with Gasteiger partial charge in [-0.3, -0.25) is 4.79 Å². The second-order valence-corrected chi connectivity index (χ2v) is 4.26. The van der Waals surface area contributed by atoms with Crippen molar-refractivity contribution in [3.63, 3.8) is 0 Å². The van der Waals surface area contributed by atoms with Gasteiger partial charge in [0.05, 0.1) is 5.56 Å². The highest BCUT2D eigenvalue weighted by molar-refractivity contribution is 5.96. The van der Waals surface area contributed by atoms with Crippen molar-refractivity contribution in [2.45, 2.75) is 19.9 Å². The van der Waals surface area contributed by atoms with Crippen LogP contribution >= 0.6 is 12.4 Å². The summed E-state index contributed by atoms with van der Waals surface area (Å²) in [5.74, 6) is 0.459. The molecule has 5 heteroatoms. The predicted octanol–water partition coefficient (Wildman–Crippen LogP) is 2.40. The van der Waals surface area contributed by atoms with Crippen molar-refractivity contribution in [2.24, 2.45) is 0 Å². The summed E-state index contributed by atoms with van der Waals surface area (Å²) in [6.45, 7) is 9.52. The quantitative estimate of drug-likeness (QED) is 0.725. The van der Waals surface area contributed by atoms with Gasteiger partial charge in [-0.1, -0.05) is 31.7 Å². The normalized spacial score (nSPS) is 11.1. The summed E-state index contributed by atoms with van der Waals surface area (Å²) in [5, 5.41) is 6.14. The van der Waals surface area contributed by atoms with Gasteiger partial charge in [0.2, 0.25) is 0 Å². The number of para-hydroxylation sites is 1. The van der Waals surface area contributed by atoms with Gasteiger partial charge < -0.3 is 15.4 Å². The molecule has 4 nitrogen and oxygen atoms in total. The monoisotopic (exact) mass is 298 g/mol. The van der Waals surface area contributed by atoms with Gasteiger partial charge in [0.15, 0.2) is 0 Å². The molecule has 1 aromatic carbocycles. The zero-order chi connectivity index (χ0) is 14.1. The van der Waals surface area contributed by atoms with E-state index in [0.717, 1.165) is 6.54 Å². The number of carbonyl (C=O) groups is 1. The minimum Gasteiger partial charge on any atom is -0.489 e. The van der Waals surface area contributed by atoms with Gasteiger partial charge in [-0.2, -0.15) is 0 Å². The Balaban J connectivity index is 0.00000361. The molecule has 0 saturated heterocycles. The van der Waals surface area contributed by atoms with E-state index in [9.17, 15) is 4.79 Å². The van der Waals surface area contributed by atoms with E-state index in [2.05, 4.69) is 17.2 Å². The lowest BCUT2D eigenvalue weighted by atomic mass is 10.2. The van der Waals surface area contributed by atoms with Crippen LogP contribution in [0.15, 0.2) is 36.9 Å². The molecule has 1 rings (SSSR count). The third kappa shape index (κ3) is 6.08. The Morgan fingerprint density at radius 1 is 1.45 bits per heavy atom. The summed E-state index contributed by atoms with van der Waals surface area (Å²) in [6, 6.07) is 7.45. The van der Waals surface area contributed by atoms with Crippen LogP contribution in [0, 0.1) is 0 Å². The minimum absolute atomic E-state index is 0. The molecule has 1 amide bonds. The lowest BCUT2D eigenvalue weighted by Gasteiger charge is -2.14. The number of ether oxygens (including phenoxy) is 1. The summed E-state index contributed by atoms with van der Waals surface area (Å²) < 4.78 is 5.47. The summed E-state index contributed by atoms with van der Waals surface area (Å²) in [5.41, 5.74) is 0.549. The lowest BCUT2D eigenvalue weighted by molar-refractivity contribution is 0.0946.